The van der Waals surface area contributed by atoms with E-state index in [2.05, 4.69) is 10.2 Å². The lowest BCUT2D eigenvalue weighted by Gasteiger charge is -2.40. The summed E-state index contributed by atoms with van der Waals surface area (Å²) in [5.74, 6) is -0.195. The normalized spacial score (nSPS) is 13.7. The van der Waals surface area contributed by atoms with Gasteiger partial charge < -0.3 is 14.2 Å². The van der Waals surface area contributed by atoms with Crippen molar-refractivity contribution in [2.24, 2.45) is 5.92 Å². The third-order valence-electron chi connectivity index (χ3n) is 5.37. The fourth-order valence-electron chi connectivity index (χ4n) is 3.58. The second kappa shape index (κ2) is 8.67. The van der Waals surface area contributed by atoms with Crippen LogP contribution < -0.4 is 4.90 Å². The first-order valence-corrected chi connectivity index (χ1v) is 10.2. The Morgan fingerprint density at radius 1 is 1.16 bits per heavy atom. The SMILES string of the molecule is CCC(=O)N1CC(C(=O)N(Cc2ccc(-c3nnc(C)o3)cc2F)c2ccccc2)C1. The van der Waals surface area contributed by atoms with Crippen molar-refractivity contribution in [2.45, 2.75) is 26.8 Å². The third-order valence-corrected chi connectivity index (χ3v) is 5.37. The van der Waals surface area contributed by atoms with Gasteiger partial charge in [0.1, 0.15) is 5.82 Å². The van der Waals surface area contributed by atoms with E-state index >= 15 is 0 Å². The number of rotatable bonds is 6. The molecular weight excluding hydrogens is 399 g/mol. The number of carbonyl (C=O) groups is 2. The van der Waals surface area contributed by atoms with Gasteiger partial charge in [-0.2, -0.15) is 0 Å². The van der Waals surface area contributed by atoms with Crippen molar-refractivity contribution in [3.8, 4) is 11.5 Å². The molecule has 0 spiro atoms. The summed E-state index contributed by atoms with van der Waals surface area (Å²) in [5, 5.41) is 7.68. The third kappa shape index (κ3) is 4.33. The molecule has 0 aliphatic carbocycles. The van der Waals surface area contributed by atoms with E-state index in [-0.39, 0.29) is 30.2 Å². The van der Waals surface area contributed by atoms with Gasteiger partial charge in [0.25, 0.3) is 0 Å². The minimum Gasteiger partial charge on any atom is -0.421 e. The number of benzene rings is 2. The van der Waals surface area contributed by atoms with Gasteiger partial charge in [-0.15, -0.1) is 10.2 Å². The molecule has 0 radical (unpaired) electrons. The highest BCUT2D eigenvalue weighted by Crippen LogP contribution is 2.27. The van der Waals surface area contributed by atoms with E-state index in [4.69, 9.17) is 4.42 Å². The van der Waals surface area contributed by atoms with Crippen molar-refractivity contribution < 1.29 is 18.4 Å². The standard InChI is InChI=1S/C23H23FN4O3/c1-3-21(29)27-12-18(13-27)23(30)28(19-7-5-4-6-8-19)14-17-10-9-16(11-20(17)24)22-26-25-15(2)31-22/h4-11,18H,3,12-14H2,1-2H3. The predicted molar refractivity (Wildman–Crippen MR) is 112 cm³/mol. The number of amides is 2. The fourth-order valence-corrected chi connectivity index (χ4v) is 3.58. The highest BCUT2D eigenvalue weighted by molar-refractivity contribution is 5.96. The summed E-state index contributed by atoms with van der Waals surface area (Å²) < 4.78 is 20.3. The van der Waals surface area contributed by atoms with Crippen LogP contribution in [-0.4, -0.2) is 40.0 Å². The van der Waals surface area contributed by atoms with Crippen LogP contribution >= 0.6 is 0 Å². The average Bonchev–Trinajstić information content (AvgIpc) is 3.18. The molecule has 0 atom stereocenters. The van der Waals surface area contributed by atoms with Crippen molar-refractivity contribution in [3.05, 3.63) is 65.8 Å². The van der Waals surface area contributed by atoms with Gasteiger partial charge in [-0.05, 0) is 24.3 Å². The maximum absolute atomic E-state index is 14.9. The Morgan fingerprint density at radius 3 is 2.52 bits per heavy atom. The number of aryl methyl sites for hydroxylation is 1. The van der Waals surface area contributed by atoms with Crippen molar-refractivity contribution >= 4 is 17.5 Å². The summed E-state index contributed by atoms with van der Waals surface area (Å²) in [4.78, 5) is 28.3. The maximum Gasteiger partial charge on any atom is 0.247 e. The van der Waals surface area contributed by atoms with E-state index in [0.29, 0.717) is 42.2 Å². The highest BCUT2D eigenvalue weighted by Gasteiger charge is 2.37. The summed E-state index contributed by atoms with van der Waals surface area (Å²) in [7, 11) is 0. The smallest absolute Gasteiger partial charge is 0.247 e. The molecule has 4 rings (SSSR count). The lowest BCUT2D eigenvalue weighted by molar-refractivity contribution is -0.141. The van der Waals surface area contributed by atoms with Crippen molar-refractivity contribution in [3.63, 3.8) is 0 Å². The van der Waals surface area contributed by atoms with Crippen LogP contribution in [0, 0.1) is 18.7 Å². The molecule has 1 fully saturated rings. The molecule has 7 nitrogen and oxygen atoms in total. The average molecular weight is 422 g/mol. The first kappa shape index (κ1) is 20.7. The van der Waals surface area contributed by atoms with Gasteiger partial charge in [0.05, 0.1) is 12.5 Å². The van der Waals surface area contributed by atoms with Gasteiger partial charge in [-0.25, -0.2) is 4.39 Å². The van der Waals surface area contributed by atoms with Crippen LogP contribution in [0.4, 0.5) is 10.1 Å². The molecule has 0 saturated carbocycles. The Kier molecular flexibility index (Phi) is 5.79. The lowest BCUT2D eigenvalue weighted by Crippen LogP contribution is -2.56. The van der Waals surface area contributed by atoms with Crippen molar-refractivity contribution in [2.75, 3.05) is 18.0 Å². The molecule has 0 N–H and O–H groups in total. The number of aromatic nitrogens is 2. The Labute approximate surface area is 179 Å². The zero-order valence-corrected chi connectivity index (χ0v) is 17.4. The Hall–Kier alpha value is -3.55. The number of anilines is 1. The van der Waals surface area contributed by atoms with Crippen LogP contribution in [0.2, 0.25) is 0 Å². The van der Waals surface area contributed by atoms with Gasteiger partial charge in [0.2, 0.25) is 23.6 Å². The molecule has 1 aromatic heterocycles. The number of nitrogens with zero attached hydrogens (tertiary/aromatic N) is 4. The summed E-state index contributed by atoms with van der Waals surface area (Å²) in [6.45, 7) is 4.34. The van der Waals surface area contributed by atoms with E-state index in [0.717, 1.165) is 0 Å². The number of hydrogen-bond donors (Lipinski definition) is 0. The van der Waals surface area contributed by atoms with Crippen LogP contribution in [0.3, 0.4) is 0 Å². The number of carbonyl (C=O) groups excluding carboxylic acids is 2. The Morgan fingerprint density at radius 2 is 1.90 bits per heavy atom. The molecule has 0 bridgehead atoms. The first-order chi connectivity index (χ1) is 15.0. The number of likely N-dealkylation sites (tertiary alicyclic amines) is 1. The lowest BCUT2D eigenvalue weighted by atomic mass is 9.97. The molecule has 0 unspecified atom stereocenters. The number of para-hydroxylation sites is 1. The van der Waals surface area contributed by atoms with Crippen molar-refractivity contribution in [1.82, 2.24) is 15.1 Å². The van der Waals surface area contributed by atoms with E-state index < -0.39 is 5.82 Å². The second-order valence-electron chi connectivity index (χ2n) is 7.54. The molecule has 160 valence electrons. The van der Waals surface area contributed by atoms with Gasteiger partial charge in [0.15, 0.2) is 0 Å². The molecule has 8 heteroatoms. The van der Waals surface area contributed by atoms with Crippen LogP contribution in [0.1, 0.15) is 24.8 Å². The van der Waals surface area contributed by atoms with Gasteiger partial charge >= 0.3 is 0 Å². The summed E-state index contributed by atoms with van der Waals surface area (Å²) in [6, 6.07) is 13.8. The van der Waals surface area contributed by atoms with Crippen LogP contribution in [-0.2, 0) is 16.1 Å². The minimum absolute atomic E-state index is 0.0354. The molecule has 2 amide bonds. The second-order valence-corrected chi connectivity index (χ2v) is 7.54. The number of halogens is 1. The Balaban J connectivity index is 1.56. The summed E-state index contributed by atoms with van der Waals surface area (Å²) in [6.07, 6.45) is 0.417. The largest absolute Gasteiger partial charge is 0.421 e. The van der Waals surface area contributed by atoms with E-state index in [1.54, 1.807) is 35.8 Å². The molecule has 1 saturated heterocycles. The molecular formula is C23H23FN4O3. The zero-order valence-electron chi connectivity index (χ0n) is 17.4. The summed E-state index contributed by atoms with van der Waals surface area (Å²) >= 11 is 0. The number of hydrogen-bond acceptors (Lipinski definition) is 5. The Bertz CT molecular complexity index is 1090. The minimum atomic E-state index is -0.460. The molecule has 31 heavy (non-hydrogen) atoms. The predicted octanol–water partition coefficient (Wildman–Crippen LogP) is 3.59. The van der Waals surface area contributed by atoms with Crippen LogP contribution in [0.5, 0.6) is 0 Å². The molecule has 1 aliphatic rings. The van der Waals surface area contributed by atoms with E-state index in [1.165, 1.54) is 6.07 Å². The molecule has 2 heterocycles. The maximum atomic E-state index is 14.9. The van der Waals surface area contributed by atoms with Gasteiger partial charge in [-0.1, -0.05) is 31.2 Å². The molecule has 3 aromatic rings. The quantitative estimate of drug-likeness (QED) is 0.607. The van der Waals surface area contributed by atoms with Crippen LogP contribution in [0.15, 0.2) is 52.9 Å². The zero-order chi connectivity index (χ0) is 22.0. The monoisotopic (exact) mass is 422 g/mol. The van der Waals surface area contributed by atoms with E-state index in [1.807, 2.05) is 30.3 Å². The fraction of sp³-hybridized carbons (Fsp3) is 0.304. The highest BCUT2D eigenvalue weighted by atomic mass is 19.1. The first-order valence-electron chi connectivity index (χ1n) is 10.2. The van der Waals surface area contributed by atoms with Gasteiger partial charge in [-0.3, -0.25) is 9.59 Å². The topological polar surface area (TPSA) is 79.5 Å². The summed E-state index contributed by atoms with van der Waals surface area (Å²) in [5.41, 5.74) is 1.54. The van der Waals surface area contributed by atoms with Crippen LogP contribution in [0.25, 0.3) is 11.5 Å². The van der Waals surface area contributed by atoms with Gasteiger partial charge in [0, 0.05) is 43.2 Å². The van der Waals surface area contributed by atoms with E-state index in [9.17, 15) is 14.0 Å². The van der Waals surface area contributed by atoms with Crippen molar-refractivity contribution in [1.29, 1.82) is 0 Å². The molecule has 2 aromatic carbocycles. The molecule has 1 aliphatic heterocycles.